The van der Waals surface area contributed by atoms with E-state index in [1.165, 1.54) is 0 Å². The van der Waals surface area contributed by atoms with Gasteiger partial charge in [-0.3, -0.25) is 0 Å². The third-order valence-corrected chi connectivity index (χ3v) is 3.68. The Balaban J connectivity index is 2.18. The second-order valence-electron chi connectivity index (χ2n) is 6.34. The van der Waals surface area contributed by atoms with E-state index in [4.69, 9.17) is 11.0 Å². The van der Waals surface area contributed by atoms with Crippen molar-refractivity contribution in [3.63, 3.8) is 0 Å². The molecule has 0 unspecified atom stereocenters. The summed E-state index contributed by atoms with van der Waals surface area (Å²) in [6.45, 7) is 3.78. The Morgan fingerprint density at radius 3 is 2.85 bits per heavy atom. The molecular weight excluding hydrogens is 328 g/mol. The van der Waals surface area contributed by atoms with Gasteiger partial charge in [0.15, 0.2) is 0 Å². The van der Waals surface area contributed by atoms with Crippen molar-refractivity contribution in [1.29, 1.82) is 5.26 Å². The smallest absolute Gasteiger partial charge is 0.220 e. The van der Waals surface area contributed by atoms with Crippen molar-refractivity contribution in [3.05, 3.63) is 36.4 Å². The molecule has 3 N–H and O–H groups in total. The van der Waals surface area contributed by atoms with E-state index in [1.54, 1.807) is 32.3 Å². The summed E-state index contributed by atoms with van der Waals surface area (Å²) in [7, 11) is 0. The Morgan fingerprint density at radius 2 is 2.15 bits per heavy atom. The van der Waals surface area contributed by atoms with Gasteiger partial charge in [0.25, 0.3) is 0 Å². The zero-order chi connectivity index (χ0) is 18.7. The van der Waals surface area contributed by atoms with Crippen LogP contribution in [-0.2, 0) is 6.54 Å². The van der Waals surface area contributed by atoms with Crippen LogP contribution in [0.5, 0.6) is 0 Å². The molecule has 0 aliphatic carbocycles. The summed E-state index contributed by atoms with van der Waals surface area (Å²) >= 11 is 0. The number of nitrogens with two attached hydrogens (primary N) is 1. The lowest BCUT2D eigenvalue weighted by molar-refractivity contribution is 0.143. The molecule has 3 heterocycles. The van der Waals surface area contributed by atoms with Crippen LogP contribution in [0, 0.1) is 23.2 Å². The van der Waals surface area contributed by atoms with Gasteiger partial charge in [-0.25, -0.2) is 15.0 Å². The zero-order valence-electron chi connectivity index (χ0n) is 14.6. The Morgan fingerprint density at radius 1 is 1.35 bits per heavy atom. The number of aryl methyl sites for hydroxylation is 1. The van der Waals surface area contributed by atoms with E-state index in [0.717, 1.165) is 16.5 Å². The summed E-state index contributed by atoms with van der Waals surface area (Å²) < 4.78 is 1.96. The second-order valence-corrected chi connectivity index (χ2v) is 6.34. The fourth-order valence-electron chi connectivity index (χ4n) is 2.56. The van der Waals surface area contributed by atoms with Gasteiger partial charge in [-0.2, -0.15) is 5.26 Å². The van der Waals surface area contributed by atoms with E-state index in [1.807, 2.05) is 16.8 Å². The van der Waals surface area contributed by atoms with Crippen LogP contribution in [0.4, 0.5) is 5.95 Å². The molecule has 0 saturated heterocycles. The highest BCUT2D eigenvalue weighted by Gasteiger charge is 2.13. The number of anilines is 1. The molecule has 0 aliphatic rings. The maximum Gasteiger partial charge on any atom is 0.220 e. The topological polar surface area (TPSA) is 114 Å². The minimum absolute atomic E-state index is 0.191. The Bertz CT molecular complexity index is 1060. The van der Waals surface area contributed by atoms with Gasteiger partial charge in [0, 0.05) is 29.9 Å². The summed E-state index contributed by atoms with van der Waals surface area (Å²) in [6, 6.07) is 5.78. The van der Waals surface area contributed by atoms with Crippen molar-refractivity contribution in [2.45, 2.75) is 32.4 Å². The second kappa shape index (κ2) is 6.83. The minimum Gasteiger partial charge on any atom is -0.378 e. The summed E-state index contributed by atoms with van der Waals surface area (Å²) in [5, 5.41) is 19.6. The minimum atomic E-state index is -1.10. The molecule has 3 aromatic heterocycles. The van der Waals surface area contributed by atoms with Crippen LogP contribution in [0.25, 0.3) is 22.2 Å². The number of aromatic nitrogens is 4. The van der Waals surface area contributed by atoms with Gasteiger partial charge >= 0.3 is 0 Å². The van der Waals surface area contributed by atoms with Crippen molar-refractivity contribution in [3.8, 4) is 29.2 Å². The first-order chi connectivity index (χ1) is 12.4. The number of aliphatic hydroxyl groups is 1. The summed E-state index contributed by atoms with van der Waals surface area (Å²) in [5.74, 6) is 5.84. The molecule has 0 amide bonds. The molecule has 0 saturated carbocycles. The fourth-order valence-corrected chi connectivity index (χ4v) is 2.56. The number of fused-ring (bicyclic) bond motifs is 1. The number of rotatable bonds is 3. The third kappa shape index (κ3) is 3.80. The molecule has 0 radical (unpaired) electrons. The predicted molar refractivity (Wildman–Crippen MR) is 98.6 cm³/mol. The lowest BCUT2D eigenvalue weighted by atomic mass is 10.1. The number of nitrogen functional groups attached to an aromatic ring is 1. The van der Waals surface area contributed by atoms with Crippen LogP contribution >= 0.6 is 0 Å². The molecule has 26 heavy (non-hydrogen) atoms. The first-order valence-electron chi connectivity index (χ1n) is 8.08. The number of hydrogen-bond donors (Lipinski definition) is 2. The Hall–Kier alpha value is -3.42. The number of nitrogens with zero attached hydrogens (tertiary/aromatic N) is 5. The van der Waals surface area contributed by atoms with E-state index >= 15 is 0 Å². The molecule has 0 fully saturated rings. The van der Waals surface area contributed by atoms with E-state index in [9.17, 15) is 5.11 Å². The van der Waals surface area contributed by atoms with E-state index in [2.05, 4.69) is 32.9 Å². The highest BCUT2D eigenvalue weighted by atomic mass is 16.3. The van der Waals surface area contributed by atoms with Crippen molar-refractivity contribution in [2.24, 2.45) is 0 Å². The standard InChI is InChI=1S/C19H18N6O/c1-19(2,26)6-4-13-10-14-15(16-5-8-22-18(21)24-16)12-25(9-3-7-20)17(14)11-23-13/h5,8,10-12,26H,3,9H2,1-2H3,(H2,21,22,24). The average Bonchev–Trinajstić information content (AvgIpc) is 2.95. The lowest BCUT2D eigenvalue weighted by Crippen LogP contribution is -2.14. The van der Waals surface area contributed by atoms with Gasteiger partial charge in [0.2, 0.25) is 5.95 Å². The van der Waals surface area contributed by atoms with E-state index in [-0.39, 0.29) is 5.95 Å². The van der Waals surface area contributed by atoms with Crippen molar-refractivity contribution in [1.82, 2.24) is 19.5 Å². The van der Waals surface area contributed by atoms with Gasteiger partial charge < -0.3 is 15.4 Å². The molecule has 0 bridgehead atoms. The van der Waals surface area contributed by atoms with Crippen LogP contribution in [0.1, 0.15) is 26.0 Å². The highest BCUT2D eigenvalue weighted by Crippen LogP contribution is 2.30. The first-order valence-corrected chi connectivity index (χ1v) is 8.08. The zero-order valence-corrected chi connectivity index (χ0v) is 14.6. The molecule has 3 rings (SSSR count). The van der Waals surface area contributed by atoms with Crippen LogP contribution in [0.3, 0.4) is 0 Å². The molecule has 0 atom stereocenters. The summed E-state index contributed by atoms with van der Waals surface area (Å²) in [4.78, 5) is 12.6. The molecule has 0 aliphatic heterocycles. The summed E-state index contributed by atoms with van der Waals surface area (Å²) in [6.07, 6.45) is 5.63. The fraction of sp³-hybridized carbons (Fsp3) is 0.263. The average molecular weight is 346 g/mol. The van der Waals surface area contributed by atoms with Crippen LogP contribution in [0.2, 0.25) is 0 Å². The molecule has 0 aromatic carbocycles. The number of hydrogen-bond acceptors (Lipinski definition) is 6. The monoisotopic (exact) mass is 346 g/mol. The lowest BCUT2D eigenvalue weighted by Gasteiger charge is -2.06. The van der Waals surface area contributed by atoms with Gasteiger partial charge in [-0.1, -0.05) is 5.92 Å². The quantitative estimate of drug-likeness (QED) is 0.702. The van der Waals surface area contributed by atoms with Gasteiger partial charge in [0.1, 0.15) is 11.3 Å². The van der Waals surface area contributed by atoms with Crippen molar-refractivity contribution < 1.29 is 5.11 Å². The SMILES string of the molecule is CC(C)(O)C#Cc1cc2c(-c3ccnc(N)n3)cn(CCC#N)c2cn1. The Labute approximate surface area is 151 Å². The summed E-state index contributed by atoms with van der Waals surface area (Å²) in [5.41, 5.74) is 7.59. The van der Waals surface area contributed by atoms with E-state index < -0.39 is 5.60 Å². The van der Waals surface area contributed by atoms with Crippen LogP contribution in [-0.4, -0.2) is 30.2 Å². The van der Waals surface area contributed by atoms with E-state index in [0.29, 0.717) is 24.4 Å². The highest BCUT2D eigenvalue weighted by molar-refractivity contribution is 5.95. The van der Waals surface area contributed by atoms with Gasteiger partial charge in [-0.05, 0) is 31.9 Å². The maximum atomic E-state index is 9.79. The maximum absolute atomic E-state index is 9.79. The molecule has 0 spiro atoms. The molecule has 3 aromatic rings. The normalized spacial score (nSPS) is 11.0. The third-order valence-electron chi connectivity index (χ3n) is 3.68. The molecule has 7 heteroatoms. The van der Waals surface area contributed by atoms with Crippen LogP contribution in [0.15, 0.2) is 30.7 Å². The van der Waals surface area contributed by atoms with Gasteiger partial charge in [0.05, 0.1) is 29.9 Å². The molecule has 130 valence electrons. The number of pyridine rings is 1. The largest absolute Gasteiger partial charge is 0.378 e. The van der Waals surface area contributed by atoms with Crippen molar-refractivity contribution in [2.75, 3.05) is 5.73 Å². The predicted octanol–water partition coefficient (Wildman–Crippen LogP) is 2.11. The first kappa shape index (κ1) is 17.4. The van der Waals surface area contributed by atoms with Gasteiger partial charge in [-0.15, -0.1) is 0 Å². The van der Waals surface area contributed by atoms with Crippen LogP contribution < -0.4 is 5.73 Å². The molecular formula is C19H18N6O. The molecule has 7 nitrogen and oxygen atoms in total. The number of nitriles is 1. The van der Waals surface area contributed by atoms with Crippen molar-refractivity contribution >= 4 is 16.9 Å². The Kier molecular flexibility index (Phi) is 4.57.